The molecular weight excluding hydrogens is 256 g/mol. The summed E-state index contributed by atoms with van der Waals surface area (Å²) in [4.78, 5) is 25.2. The zero-order valence-electron chi connectivity index (χ0n) is 12.5. The first kappa shape index (κ1) is 16.5. The molecule has 0 heterocycles. The number of aliphatic carboxylic acids is 1. The van der Waals surface area contributed by atoms with Crippen LogP contribution in [0.3, 0.4) is 0 Å². The van der Waals surface area contributed by atoms with Gasteiger partial charge in [-0.15, -0.1) is 6.58 Å². The summed E-state index contributed by atoms with van der Waals surface area (Å²) in [6, 6.07) is -0.137. The van der Waals surface area contributed by atoms with Crippen LogP contribution in [0.4, 0.5) is 4.79 Å². The van der Waals surface area contributed by atoms with Gasteiger partial charge in [0.15, 0.2) is 0 Å². The molecule has 20 heavy (non-hydrogen) atoms. The number of carboxylic acids is 1. The maximum atomic E-state index is 12.4. The molecule has 2 N–H and O–H groups in total. The van der Waals surface area contributed by atoms with Crippen LogP contribution >= 0.6 is 0 Å². The molecule has 2 amide bonds. The first-order chi connectivity index (χ1) is 9.40. The molecule has 114 valence electrons. The molecule has 5 heteroatoms. The SMILES string of the molecule is C=CCN(C(=O)NC1(CC(=O)O)CCCCC1)C(C)C. The highest BCUT2D eigenvalue weighted by atomic mass is 16.4. The van der Waals surface area contributed by atoms with Crippen LogP contribution in [0.15, 0.2) is 12.7 Å². The Hall–Kier alpha value is -1.52. The summed E-state index contributed by atoms with van der Waals surface area (Å²) < 4.78 is 0. The van der Waals surface area contributed by atoms with Gasteiger partial charge in [-0.05, 0) is 26.7 Å². The van der Waals surface area contributed by atoms with Crippen molar-refractivity contribution in [2.75, 3.05) is 6.54 Å². The number of carboxylic acid groups (broad SMARTS) is 1. The Bertz CT molecular complexity index is 360. The zero-order chi connectivity index (χ0) is 15.2. The van der Waals surface area contributed by atoms with E-state index in [9.17, 15) is 9.59 Å². The molecule has 0 radical (unpaired) electrons. The molecule has 1 saturated carbocycles. The molecule has 0 atom stereocenters. The molecule has 0 saturated heterocycles. The number of amides is 2. The van der Waals surface area contributed by atoms with Gasteiger partial charge in [0.05, 0.1) is 12.0 Å². The second-order valence-corrected chi connectivity index (χ2v) is 5.88. The molecule has 1 aliphatic carbocycles. The first-order valence-electron chi connectivity index (χ1n) is 7.32. The van der Waals surface area contributed by atoms with Crippen LogP contribution in [0.5, 0.6) is 0 Å². The molecule has 0 unspecified atom stereocenters. The molecular formula is C15H26N2O3. The predicted molar refractivity (Wildman–Crippen MR) is 78.6 cm³/mol. The Kier molecular flexibility index (Phi) is 6.05. The molecule has 1 rings (SSSR count). The van der Waals surface area contributed by atoms with Gasteiger partial charge in [-0.3, -0.25) is 4.79 Å². The van der Waals surface area contributed by atoms with Crippen molar-refractivity contribution in [3.8, 4) is 0 Å². The predicted octanol–water partition coefficient (Wildman–Crippen LogP) is 2.77. The normalized spacial score (nSPS) is 17.6. The van der Waals surface area contributed by atoms with Gasteiger partial charge in [-0.25, -0.2) is 4.79 Å². The van der Waals surface area contributed by atoms with Crippen molar-refractivity contribution in [2.24, 2.45) is 0 Å². The summed E-state index contributed by atoms with van der Waals surface area (Å²) in [6.07, 6.45) is 6.21. The van der Waals surface area contributed by atoms with Crippen LogP contribution < -0.4 is 5.32 Å². The quantitative estimate of drug-likeness (QED) is 0.736. The van der Waals surface area contributed by atoms with Gasteiger partial charge in [0.25, 0.3) is 0 Å². The number of hydrogen-bond donors (Lipinski definition) is 2. The van der Waals surface area contributed by atoms with E-state index in [1.165, 1.54) is 0 Å². The number of nitrogens with zero attached hydrogens (tertiary/aromatic N) is 1. The summed E-state index contributed by atoms with van der Waals surface area (Å²) in [7, 11) is 0. The number of rotatable bonds is 6. The highest BCUT2D eigenvalue weighted by molar-refractivity contribution is 5.77. The molecule has 0 aromatic heterocycles. The number of hydrogen-bond acceptors (Lipinski definition) is 2. The lowest BCUT2D eigenvalue weighted by molar-refractivity contribution is -0.139. The Labute approximate surface area is 121 Å². The van der Waals surface area contributed by atoms with E-state index in [1.54, 1.807) is 11.0 Å². The second-order valence-electron chi connectivity index (χ2n) is 5.88. The van der Waals surface area contributed by atoms with Crippen LogP contribution in [0, 0.1) is 0 Å². The molecule has 0 bridgehead atoms. The molecule has 0 aromatic rings. The van der Waals surface area contributed by atoms with E-state index in [-0.39, 0.29) is 18.5 Å². The largest absolute Gasteiger partial charge is 0.481 e. The zero-order valence-corrected chi connectivity index (χ0v) is 12.5. The van der Waals surface area contributed by atoms with Gasteiger partial charge in [0.1, 0.15) is 0 Å². The third-order valence-corrected chi connectivity index (χ3v) is 3.88. The fraction of sp³-hybridized carbons (Fsp3) is 0.733. The molecule has 0 aliphatic heterocycles. The molecule has 0 aromatic carbocycles. The van der Waals surface area contributed by atoms with E-state index in [2.05, 4.69) is 11.9 Å². The maximum absolute atomic E-state index is 12.4. The lowest BCUT2D eigenvalue weighted by Gasteiger charge is -2.39. The number of carbonyl (C=O) groups excluding carboxylic acids is 1. The van der Waals surface area contributed by atoms with Crippen LogP contribution in [0.2, 0.25) is 0 Å². The summed E-state index contributed by atoms with van der Waals surface area (Å²) in [6.45, 7) is 8.00. The van der Waals surface area contributed by atoms with Crippen molar-refractivity contribution in [1.29, 1.82) is 0 Å². The van der Waals surface area contributed by atoms with Gasteiger partial charge in [0, 0.05) is 12.6 Å². The van der Waals surface area contributed by atoms with Crippen LogP contribution in [0.1, 0.15) is 52.4 Å². The van der Waals surface area contributed by atoms with Gasteiger partial charge in [-0.1, -0.05) is 25.3 Å². The van der Waals surface area contributed by atoms with Crippen molar-refractivity contribution in [2.45, 2.75) is 64.0 Å². The summed E-state index contributed by atoms with van der Waals surface area (Å²) in [5.74, 6) is -0.855. The van der Waals surface area contributed by atoms with Crippen LogP contribution in [-0.4, -0.2) is 40.1 Å². The van der Waals surface area contributed by atoms with E-state index >= 15 is 0 Å². The Morgan fingerprint density at radius 1 is 1.35 bits per heavy atom. The monoisotopic (exact) mass is 282 g/mol. The van der Waals surface area contributed by atoms with E-state index in [4.69, 9.17) is 5.11 Å². The Balaban J connectivity index is 2.79. The van der Waals surface area contributed by atoms with Crippen molar-refractivity contribution < 1.29 is 14.7 Å². The topological polar surface area (TPSA) is 69.6 Å². The standard InChI is InChI=1S/C15H26N2O3/c1-4-10-17(12(2)3)14(20)16-15(11-13(18)19)8-6-5-7-9-15/h4,12H,1,5-11H2,2-3H3,(H,16,20)(H,18,19). The van der Waals surface area contributed by atoms with Crippen molar-refractivity contribution in [3.05, 3.63) is 12.7 Å². The summed E-state index contributed by atoms with van der Waals surface area (Å²) in [5, 5.41) is 12.1. The van der Waals surface area contributed by atoms with E-state index in [1.807, 2.05) is 13.8 Å². The van der Waals surface area contributed by atoms with Gasteiger partial charge < -0.3 is 15.3 Å². The minimum absolute atomic E-state index is 0.00123. The number of urea groups is 1. The second kappa shape index (κ2) is 7.31. The molecule has 1 fully saturated rings. The third-order valence-electron chi connectivity index (χ3n) is 3.88. The van der Waals surface area contributed by atoms with Crippen molar-refractivity contribution in [3.63, 3.8) is 0 Å². The van der Waals surface area contributed by atoms with Crippen LogP contribution in [-0.2, 0) is 4.79 Å². The number of carbonyl (C=O) groups is 2. The maximum Gasteiger partial charge on any atom is 0.318 e. The van der Waals surface area contributed by atoms with Gasteiger partial charge in [-0.2, -0.15) is 0 Å². The fourth-order valence-electron chi connectivity index (χ4n) is 2.83. The highest BCUT2D eigenvalue weighted by Gasteiger charge is 2.37. The smallest absolute Gasteiger partial charge is 0.318 e. The van der Waals surface area contributed by atoms with Crippen molar-refractivity contribution >= 4 is 12.0 Å². The molecule has 0 spiro atoms. The highest BCUT2D eigenvalue weighted by Crippen LogP contribution is 2.31. The fourth-order valence-corrected chi connectivity index (χ4v) is 2.83. The first-order valence-corrected chi connectivity index (χ1v) is 7.32. The lowest BCUT2D eigenvalue weighted by atomic mass is 9.79. The van der Waals surface area contributed by atoms with Gasteiger partial charge >= 0.3 is 12.0 Å². The summed E-state index contributed by atoms with van der Waals surface area (Å²) >= 11 is 0. The number of nitrogens with one attached hydrogen (secondary N) is 1. The minimum atomic E-state index is -0.855. The summed E-state index contributed by atoms with van der Waals surface area (Å²) in [5.41, 5.74) is -0.588. The average Bonchev–Trinajstić information content (AvgIpc) is 2.35. The average molecular weight is 282 g/mol. The lowest BCUT2D eigenvalue weighted by Crippen LogP contribution is -2.56. The van der Waals surface area contributed by atoms with E-state index in [0.717, 1.165) is 32.1 Å². The van der Waals surface area contributed by atoms with Gasteiger partial charge in [0.2, 0.25) is 0 Å². The minimum Gasteiger partial charge on any atom is -0.481 e. The Morgan fingerprint density at radius 3 is 2.40 bits per heavy atom. The van der Waals surface area contributed by atoms with E-state index in [0.29, 0.717) is 6.54 Å². The Morgan fingerprint density at radius 2 is 1.95 bits per heavy atom. The van der Waals surface area contributed by atoms with E-state index < -0.39 is 11.5 Å². The van der Waals surface area contributed by atoms with Crippen molar-refractivity contribution in [1.82, 2.24) is 10.2 Å². The molecule has 1 aliphatic rings. The molecule has 5 nitrogen and oxygen atoms in total. The third kappa shape index (κ3) is 4.54. The van der Waals surface area contributed by atoms with Crippen LogP contribution in [0.25, 0.3) is 0 Å².